The second kappa shape index (κ2) is 6.42. The second-order valence-corrected chi connectivity index (χ2v) is 6.88. The average Bonchev–Trinajstić information content (AvgIpc) is 2.62. The van der Waals surface area contributed by atoms with Gasteiger partial charge in [0, 0.05) is 44.0 Å². The number of aromatic nitrogens is 1. The number of benzene rings is 1. The van der Waals surface area contributed by atoms with E-state index in [-0.39, 0.29) is 0 Å². The zero-order chi connectivity index (χ0) is 15.6. The van der Waals surface area contributed by atoms with Crippen LogP contribution >= 0.6 is 0 Å². The highest BCUT2D eigenvalue weighted by molar-refractivity contribution is 5.61. The van der Waals surface area contributed by atoms with E-state index in [0.29, 0.717) is 6.04 Å². The fourth-order valence-corrected chi connectivity index (χ4v) is 3.98. The van der Waals surface area contributed by atoms with Gasteiger partial charge in [-0.05, 0) is 55.6 Å². The summed E-state index contributed by atoms with van der Waals surface area (Å²) in [5.41, 5.74) is 5.42. The Balaban J connectivity index is 1.66. The minimum absolute atomic E-state index is 0.594. The van der Waals surface area contributed by atoms with E-state index < -0.39 is 0 Å². The van der Waals surface area contributed by atoms with E-state index in [0.717, 1.165) is 5.69 Å². The maximum Gasteiger partial charge on any atom is 0.0702 e. The van der Waals surface area contributed by atoms with E-state index in [1.165, 1.54) is 51.0 Å². The van der Waals surface area contributed by atoms with Crippen molar-refractivity contribution in [1.29, 1.82) is 0 Å². The molecule has 1 aromatic heterocycles. The van der Waals surface area contributed by atoms with Gasteiger partial charge in [0.1, 0.15) is 0 Å². The SMILES string of the molecule is CN1CCN(C2CCCc3ccc(-c4ccccn4)cc32)CC1. The highest BCUT2D eigenvalue weighted by Crippen LogP contribution is 2.36. The highest BCUT2D eigenvalue weighted by atomic mass is 15.3. The van der Waals surface area contributed by atoms with Gasteiger partial charge in [-0.25, -0.2) is 0 Å². The number of rotatable bonds is 2. The van der Waals surface area contributed by atoms with Gasteiger partial charge in [-0.1, -0.05) is 18.2 Å². The van der Waals surface area contributed by atoms with Gasteiger partial charge in [0.2, 0.25) is 0 Å². The van der Waals surface area contributed by atoms with Crippen LogP contribution in [-0.4, -0.2) is 48.0 Å². The van der Waals surface area contributed by atoms with E-state index in [1.807, 2.05) is 12.3 Å². The molecule has 1 fully saturated rings. The van der Waals surface area contributed by atoms with Crippen LogP contribution in [0.25, 0.3) is 11.3 Å². The van der Waals surface area contributed by atoms with Gasteiger partial charge >= 0.3 is 0 Å². The molecule has 2 heterocycles. The van der Waals surface area contributed by atoms with E-state index in [9.17, 15) is 0 Å². The zero-order valence-electron chi connectivity index (χ0n) is 13.9. The summed E-state index contributed by atoms with van der Waals surface area (Å²) >= 11 is 0. The Bertz CT molecular complexity index is 660. The van der Waals surface area contributed by atoms with Gasteiger partial charge < -0.3 is 4.90 Å². The number of fused-ring (bicyclic) bond motifs is 1. The van der Waals surface area contributed by atoms with Gasteiger partial charge in [0.15, 0.2) is 0 Å². The van der Waals surface area contributed by atoms with Crippen molar-refractivity contribution in [2.45, 2.75) is 25.3 Å². The number of aryl methyl sites for hydroxylation is 1. The second-order valence-electron chi connectivity index (χ2n) is 6.88. The fourth-order valence-electron chi connectivity index (χ4n) is 3.98. The average molecular weight is 307 g/mol. The third-order valence-corrected chi connectivity index (χ3v) is 5.37. The van der Waals surface area contributed by atoms with Crippen LogP contribution in [0.2, 0.25) is 0 Å². The van der Waals surface area contributed by atoms with Crippen LogP contribution in [0.3, 0.4) is 0 Å². The first-order valence-electron chi connectivity index (χ1n) is 8.78. The normalized spacial score (nSPS) is 22.7. The van der Waals surface area contributed by atoms with Crippen molar-refractivity contribution in [3.05, 3.63) is 53.7 Å². The molecule has 2 aliphatic rings. The van der Waals surface area contributed by atoms with Gasteiger partial charge in [-0.15, -0.1) is 0 Å². The van der Waals surface area contributed by atoms with E-state index in [2.05, 4.69) is 52.2 Å². The van der Waals surface area contributed by atoms with Gasteiger partial charge in [-0.2, -0.15) is 0 Å². The number of hydrogen-bond acceptors (Lipinski definition) is 3. The van der Waals surface area contributed by atoms with Gasteiger partial charge in [0.25, 0.3) is 0 Å². The molecule has 1 aromatic carbocycles. The van der Waals surface area contributed by atoms with Gasteiger partial charge in [-0.3, -0.25) is 9.88 Å². The molecule has 2 aromatic rings. The lowest BCUT2D eigenvalue weighted by molar-refractivity contribution is 0.102. The molecule has 1 aliphatic carbocycles. The van der Waals surface area contributed by atoms with E-state index in [1.54, 1.807) is 11.1 Å². The molecule has 3 nitrogen and oxygen atoms in total. The van der Waals surface area contributed by atoms with Gasteiger partial charge in [0.05, 0.1) is 5.69 Å². The third kappa shape index (κ3) is 3.04. The topological polar surface area (TPSA) is 19.4 Å². The molecular weight excluding hydrogens is 282 g/mol. The standard InChI is InChI=1S/C20H25N3/c1-22-11-13-23(14-12-22)20-7-4-5-16-8-9-17(15-18(16)20)19-6-2-3-10-21-19/h2-3,6,8-10,15,20H,4-5,7,11-14H2,1H3. The summed E-state index contributed by atoms with van der Waals surface area (Å²) in [6, 6.07) is 13.7. The molecule has 0 saturated carbocycles. The van der Waals surface area contributed by atoms with Crippen molar-refractivity contribution in [1.82, 2.24) is 14.8 Å². The number of piperazine rings is 1. The molecule has 1 unspecified atom stereocenters. The van der Waals surface area contributed by atoms with Crippen molar-refractivity contribution in [2.75, 3.05) is 33.2 Å². The first-order valence-corrected chi connectivity index (χ1v) is 8.78. The maximum atomic E-state index is 4.53. The molecule has 1 atom stereocenters. The summed E-state index contributed by atoms with van der Waals surface area (Å²) in [5.74, 6) is 0. The summed E-state index contributed by atoms with van der Waals surface area (Å²) in [6.45, 7) is 4.75. The summed E-state index contributed by atoms with van der Waals surface area (Å²) < 4.78 is 0. The van der Waals surface area contributed by atoms with Crippen LogP contribution in [0.15, 0.2) is 42.6 Å². The first-order chi connectivity index (χ1) is 11.3. The monoisotopic (exact) mass is 307 g/mol. The predicted molar refractivity (Wildman–Crippen MR) is 94.4 cm³/mol. The summed E-state index contributed by atoms with van der Waals surface area (Å²) in [6.07, 6.45) is 5.71. The molecule has 1 saturated heterocycles. The number of pyridine rings is 1. The largest absolute Gasteiger partial charge is 0.304 e. The summed E-state index contributed by atoms with van der Waals surface area (Å²) in [4.78, 5) is 9.65. The van der Waals surface area contributed by atoms with Crippen molar-refractivity contribution < 1.29 is 0 Å². The Labute approximate surface area is 139 Å². The Morgan fingerprint density at radius 3 is 2.70 bits per heavy atom. The molecule has 0 bridgehead atoms. The molecule has 0 amide bonds. The Hall–Kier alpha value is -1.71. The number of nitrogens with zero attached hydrogens (tertiary/aromatic N) is 3. The minimum Gasteiger partial charge on any atom is -0.304 e. The van der Waals surface area contributed by atoms with Crippen molar-refractivity contribution in [3.8, 4) is 11.3 Å². The molecule has 3 heteroatoms. The lowest BCUT2D eigenvalue weighted by Crippen LogP contribution is -2.46. The van der Waals surface area contributed by atoms with Crippen LogP contribution in [-0.2, 0) is 6.42 Å². The van der Waals surface area contributed by atoms with E-state index in [4.69, 9.17) is 0 Å². The number of likely N-dealkylation sites (N-methyl/N-ethyl adjacent to an activating group) is 1. The van der Waals surface area contributed by atoms with Crippen molar-refractivity contribution in [3.63, 3.8) is 0 Å². The molecule has 0 radical (unpaired) electrons. The lowest BCUT2D eigenvalue weighted by Gasteiger charge is -2.40. The molecule has 120 valence electrons. The molecular formula is C20H25N3. The summed E-state index contributed by atoms with van der Waals surface area (Å²) in [5, 5.41) is 0. The van der Waals surface area contributed by atoms with E-state index >= 15 is 0 Å². The molecule has 4 rings (SSSR count). The third-order valence-electron chi connectivity index (χ3n) is 5.37. The van der Waals surface area contributed by atoms with Crippen LogP contribution in [0.4, 0.5) is 0 Å². The van der Waals surface area contributed by atoms with Crippen LogP contribution in [0.1, 0.15) is 30.0 Å². The Morgan fingerprint density at radius 1 is 1.04 bits per heavy atom. The number of hydrogen-bond donors (Lipinski definition) is 0. The Morgan fingerprint density at radius 2 is 1.91 bits per heavy atom. The van der Waals surface area contributed by atoms with Crippen LogP contribution in [0.5, 0.6) is 0 Å². The molecule has 0 N–H and O–H groups in total. The van der Waals surface area contributed by atoms with Crippen molar-refractivity contribution in [2.24, 2.45) is 0 Å². The lowest BCUT2D eigenvalue weighted by atomic mass is 9.85. The molecule has 0 spiro atoms. The van der Waals surface area contributed by atoms with Crippen molar-refractivity contribution >= 4 is 0 Å². The first kappa shape index (κ1) is 14.9. The summed E-state index contributed by atoms with van der Waals surface area (Å²) in [7, 11) is 2.23. The molecule has 23 heavy (non-hydrogen) atoms. The zero-order valence-corrected chi connectivity index (χ0v) is 13.9. The predicted octanol–water partition coefficient (Wildman–Crippen LogP) is 3.37. The van der Waals surface area contributed by atoms with Crippen LogP contribution < -0.4 is 0 Å². The Kier molecular flexibility index (Phi) is 4.15. The highest BCUT2D eigenvalue weighted by Gasteiger charge is 2.28. The van der Waals surface area contributed by atoms with Crippen LogP contribution in [0, 0.1) is 0 Å². The fraction of sp³-hybridized carbons (Fsp3) is 0.450. The quantitative estimate of drug-likeness (QED) is 0.848. The maximum absolute atomic E-state index is 4.53. The smallest absolute Gasteiger partial charge is 0.0702 e. The minimum atomic E-state index is 0.594. The molecule has 1 aliphatic heterocycles.